The van der Waals surface area contributed by atoms with E-state index < -0.39 is 10.8 Å². The van der Waals surface area contributed by atoms with E-state index in [9.17, 15) is 0 Å². The van der Waals surface area contributed by atoms with Gasteiger partial charge >= 0.3 is 0 Å². The normalized spacial score (nSPS) is 13.3. The van der Waals surface area contributed by atoms with Gasteiger partial charge in [-0.3, -0.25) is 0 Å². The number of thiazole rings is 2. The van der Waals surface area contributed by atoms with Gasteiger partial charge in [-0.25, -0.2) is 9.97 Å². The van der Waals surface area contributed by atoms with E-state index in [2.05, 4.69) is 364 Å². The Kier molecular flexibility index (Phi) is 13.0. The molecule has 0 saturated carbocycles. The molecule has 0 unspecified atom stereocenters. The number of rotatable bonds is 6. The van der Waals surface area contributed by atoms with Crippen molar-refractivity contribution in [1.82, 2.24) is 9.97 Å². The second-order valence-electron chi connectivity index (χ2n) is 28.1. The summed E-state index contributed by atoms with van der Waals surface area (Å²) < 4.78 is 2.48. The number of hydrogen-bond acceptors (Lipinski definition) is 4. The lowest BCUT2D eigenvalue weighted by Crippen LogP contribution is -2.28. The Hall–Kier alpha value is -12.7. The van der Waals surface area contributed by atoms with Crippen molar-refractivity contribution in [2.24, 2.45) is 0 Å². The van der Waals surface area contributed by atoms with Crippen LogP contribution in [0.25, 0.3) is 162 Å². The zero-order valence-electron chi connectivity index (χ0n) is 56.4. The SMILES string of the molecule is c1ccc(-c2nc3ccc4ccc5ccc(-c6ccc7c(c6)C(c6ccccc6)(c6ccccc6)c6c-7ccc7ccccc67)cc5c4c3s2)cc1.c1ccc(-c2nc3ccc4ccc5ccc(-c6ccc7c(c6)C6(c8ccccc8-c8ccccc86)c6cc8ccccc8cc6-7)cc5c4c3s2)cc1. The van der Waals surface area contributed by atoms with Gasteiger partial charge in [-0.05, 0) is 203 Å². The fourth-order valence-corrected chi connectivity index (χ4v) is 20.5. The van der Waals surface area contributed by atoms with Crippen molar-refractivity contribution in [2.75, 3.05) is 0 Å². The molecule has 3 aliphatic rings. The molecule has 4 heteroatoms. The van der Waals surface area contributed by atoms with E-state index in [4.69, 9.17) is 9.97 Å². The molecule has 0 saturated heterocycles. The molecular formula is C100H60N2S2. The Morgan fingerprint density at radius 1 is 0.212 bits per heavy atom. The van der Waals surface area contributed by atoms with Crippen LogP contribution in [-0.2, 0) is 10.8 Å². The van der Waals surface area contributed by atoms with Crippen LogP contribution in [0, 0.1) is 0 Å². The molecule has 20 aromatic rings. The first kappa shape index (κ1) is 59.0. The van der Waals surface area contributed by atoms with Gasteiger partial charge in [0.25, 0.3) is 0 Å². The minimum atomic E-state index is -0.490. The maximum atomic E-state index is 5.10. The molecule has 2 aromatic heterocycles. The molecule has 0 aliphatic heterocycles. The van der Waals surface area contributed by atoms with E-state index in [1.54, 1.807) is 22.7 Å². The predicted octanol–water partition coefficient (Wildman–Crippen LogP) is 26.9. The third-order valence-electron chi connectivity index (χ3n) is 22.8. The summed E-state index contributed by atoms with van der Waals surface area (Å²) in [6.07, 6.45) is 0. The fraction of sp³-hybridized carbons (Fsp3) is 0.0200. The summed E-state index contributed by atoms with van der Waals surface area (Å²) in [6.45, 7) is 0. The van der Waals surface area contributed by atoms with Gasteiger partial charge < -0.3 is 0 Å². The van der Waals surface area contributed by atoms with E-state index in [1.165, 1.54) is 174 Å². The molecule has 0 atom stereocenters. The molecule has 104 heavy (non-hydrogen) atoms. The van der Waals surface area contributed by atoms with E-state index in [-0.39, 0.29) is 0 Å². The molecule has 0 radical (unpaired) electrons. The highest BCUT2D eigenvalue weighted by atomic mass is 32.1. The van der Waals surface area contributed by atoms with Crippen molar-refractivity contribution in [3.05, 3.63) is 408 Å². The van der Waals surface area contributed by atoms with E-state index in [0.717, 1.165) is 32.2 Å². The molecular weight excluding hydrogens is 1290 g/mol. The van der Waals surface area contributed by atoms with Crippen molar-refractivity contribution >= 4 is 108 Å². The van der Waals surface area contributed by atoms with Crippen LogP contribution in [0.2, 0.25) is 0 Å². The van der Waals surface area contributed by atoms with Gasteiger partial charge in [0.1, 0.15) is 10.0 Å². The first-order valence-corrected chi connectivity index (χ1v) is 37.5. The van der Waals surface area contributed by atoms with Gasteiger partial charge in [0.05, 0.1) is 31.3 Å². The molecule has 2 heterocycles. The van der Waals surface area contributed by atoms with Crippen molar-refractivity contribution in [2.45, 2.75) is 10.8 Å². The smallest absolute Gasteiger partial charge is 0.124 e. The van der Waals surface area contributed by atoms with Gasteiger partial charge in [-0.1, -0.05) is 315 Å². The van der Waals surface area contributed by atoms with Crippen LogP contribution in [0.15, 0.2) is 364 Å². The minimum absolute atomic E-state index is 0.399. The van der Waals surface area contributed by atoms with Crippen LogP contribution in [0.4, 0.5) is 0 Å². The molecule has 1 spiro atoms. The third kappa shape index (κ3) is 8.61. The number of hydrogen-bond donors (Lipinski definition) is 0. The summed E-state index contributed by atoms with van der Waals surface area (Å²) in [6, 6.07) is 135. The monoisotopic (exact) mass is 1350 g/mol. The lowest BCUT2D eigenvalue weighted by Gasteiger charge is -2.35. The molecule has 0 bridgehead atoms. The molecule has 0 amide bonds. The maximum Gasteiger partial charge on any atom is 0.124 e. The number of benzene rings is 18. The van der Waals surface area contributed by atoms with E-state index in [0.29, 0.717) is 0 Å². The third-order valence-corrected chi connectivity index (χ3v) is 25.1. The van der Waals surface area contributed by atoms with Crippen LogP contribution in [0.3, 0.4) is 0 Å². The van der Waals surface area contributed by atoms with Crippen LogP contribution in [0.5, 0.6) is 0 Å². The Morgan fingerprint density at radius 3 is 1.12 bits per heavy atom. The summed E-state index contributed by atoms with van der Waals surface area (Å²) in [4.78, 5) is 10.2. The van der Waals surface area contributed by atoms with Gasteiger partial charge in [0.15, 0.2) is 0 Å². The van der Waals surface area contributed by atoms with Crippen LogP contribution in [-0.4, -0.2) is 9.97 Å². The molecule has 3 aliphatic carbocycles. The lowest BCUT2D eigenvalue weighted by atomic mass is 9.66. The van der Waals surface area contributed by atoms with Crippen LogP contribution >= 0.6 is 22.7 Å². The van der Waals surface area contributed by atoms with Crippen LogP contribution in [0.1, 0.15) is 44.5 Å². The molecule has 23 rings (SSSR count). The first-order chi connectivity index (χ1) is 51.5. The van der Waals surface area contributed by atoms with Gasteiger partial charge in [0, 0.05) is 21.9 Å². The lowest BCUT2D eigenvalue weighted by molar-refractivity contribution is 0.776. The van der Waals surface area contributed by atoms with Crippen molar-refractivity contribution < 1.29 is 0 Å². The Morgan fingerprint density at radius 2 is 0.577 bits per heavy atom. The molecule has 2 nitrogen and oxygen atoms in total. The topological polar surface area (TPSA) is 25.8 Å². The van der Waals surface area contributed by atoms with Crippen molar-refractivity contribution in [1.29, 1.82) is 0 Å². The summed E-state index contributed by atoms with van der Waals surface area (Å²) >= 11 is 3.59. The number of aromatic nitrogens is 2. The minimum Gasteiger partial charge on any atom is -0.236 e. The standard InChI is InChI=1S/C50H29NS.C50H31NS/c1-2-10-32(11-3-1)49-51-46-25-23-31-20-18-30-19-21-35(26-40(30)47(31)48(46)52-49)36-22-24-39-41-27-33-12-4-5-13-34(33)28-45(41)50(44(39)29-36)42-16-8-6-14-37(42)38-15-7-9-17-43(38)50;1-4-13-35(14-5-1)49-51-45-29-26-34-22-20-33-21-23-36(30-43(33)46(34)48(45)52-49)37-25-27-41-42-28-24-32-12-10-11-19-40(32)47(42)50(44(41)31-37,38-15-6-2-7-16-38)39-17-8-3-9-18-39/h1-29H;1-31H. The highest BCUT2D eigenvalue weighted by Gasteiger charge is 2.52. The largest absolute Gasteiger partial charge is 0.236 e. The number of fused-ring (bicyclic) bond motifs is 26. The maximum absolute atomic E-state index is 5.10. The Balaban J connectivity index is 0.000000131. The zero-order valence-corrected chi connectivity index (χ0v) is 58.0. The quantitative estimate of drug-likeness (QED) is 0.155. The molecule has 18 aromatic carbocycles. The van der Waals surface area contributed by atoms with Crippen molar-refractivity contribution in [3.8, 4) is 76.8 Å². The highest BCUT2D eigenvalue weighted by molar-refractivity contribution is 7.23. The fourth-order valence-electron chi connectivity index (χ4n) is 18.3. The van der Waals surface area contributed by atoms with Crippen LogP contribution < -0.4 is 0 Å². The van der Waals surface area contributed by atoms with Gasteiger partial charge in [0.2, 0.25) is 0 Å². The zero-order chi connectivity index (χ0) is 68.2. The first-order valence-electron chi connectivity index (χ1n) is 35.8. The Bertz CT molecular complexity index is 6870. The average Bonchev–Trinajstić information content (AvgIpc) is 1.51. The Labute approximate surface area is 609 Å². The average molecular weight is 1350 g/mol. The predicted molar refractivity (Wildman–Crippen MR) is 440 cm³/mol. The molecule has 482 valence electrons. The second kappa shape index (κ2) is 22.9. The van der Waals surface area contributed by atoms with Gasteiger partial charge in [-0.15, -0.1) is 22.7 Å². The summed E-state index contributed by atoms with van der Waals surface area (Å²) in [5.41, 5.74) is 27.1. The van der Waals surface area contributed by atoms with E-state index >= 15 is 0 Å². The second-order valence-corrected chi connectivity index (χ2v) is 30.1. The number of nitrogens with zero attached hydrogens (tertiary/aromatic N) is 2. The molecule has 0 N–H and O–H groups in total. The van der Waals surface area contributed by atoms with Gasteiger partial charge in [-0.2, -0.15) is 0 Å². The molecule has 0 fully saturated rings. The summed E-state index contributed by atoms with van der Waals surface area (Å²) in [7, 11) is 0. The van der Waals surface area contributed by atoms with E-state index in [1.807, 2.05) is 0 Å². The summed E-state index contributed by atoms with van der Waals surface area (Å²) in [5, 5.41) is 17.3. The van der Waals surface area contributed by atoms with Crippen molar-refractivity contribution in [3.63, 3.8) is 0 Å². The summed E-state index contributed by atoms with van der Waals surface area (Å²) in [5.74, 6) is 0. The highest BCUT2D eigenvalue weighted by Crippen LogP contribution is 2.64.